The zero-order valence-electron chi connectivity index (χ0n) is 11.5. The van der Waals surface area contributed by atoms with Gasteiger partial charge in [-0.25, -0.2) is 0 Å². The summed E-state index contributed by atoms with van der Waals surface area (Å²) >= 11 is 0. The van der Waals surface area contributed by atoms with E-state index in [0.29, 0.717) is 19.7 Å². The van der Waals surface area contributed by atoms with Gasteiger partial charge in [0, 0.05) is 26.7 Å². The zero-order chi connectivity index (χ0) is 15.0. The largest absolute Gasteiger partial charge is 0.417 e. The minimum atomic E-state index is -4.54. The quantitative estimate of drug-likeness (QED) is 0.754. The van der Waals surface area contributed by atoms with Crippen molar-refractivity contribution in [2.75, 3.05) is 33.4 Å². The van der Waals surface area contributed by atoms with E-state index >= 15 is 0 Å². The second-order valence-corrected chi connectivity index (χ2v) is 4.04. The van der Waals surface area contributed by atoms with E-state index in [2.05, 4.69) is 10.6 Å². The van der Waals surface area contributed by atoms with E-state index in [-0.39, 0.29) is 24.5 Å². The summed E-state index contributed by atoms with van der Waals surface area (Å²) in [6.07, 6.45) is -4.54. The van der Waals surface area contributed by atoms with Gasteiger partial charge in [-0.05, 0) is 12.1 Å². The molecule has 1 aromatic rings. The number of ether oxygens (including phenoxy) is 1. The maximum atomic E-state index is 12.7. The molecule has 1 aromatic carbocycles. The molecule has 0 fully saturated rings. The highest BCUT2D eigenvalue weighted by atomic mass is 35.5. The van der Waals surface area contributed by atoms with Crippen molar-refractivity contribution in [1.82, 2.24) is 10.6 Å². The van der Waals surface area contributed by atoms with E-state index in [9.17, 15) is 18.0 Å². The third kappa shape index (κ3) is 6.79. The van der Waals surface area contributed by atoms with Crippen LogP contribution in [0.4, 0.5) is 13.2 Å². The van der Waals surface area contributed by atoms with Crippen molar-refractivity contribution in [3.8, 4) is 0 Å². The minimum Gasteiger partial charge on any atom is -0.383 e. The second kappa shape index (κ2) is 9.59. The Morgan fingerprint density at radius 3 is 2.48 bits per heavy atom. The summed E-state index contributed by atoms with van der Waals surface area (Å²) in [5, 5.41) is 5.42. The first-order valence-electron chi connectivity index (χ1n) is 6.11. The van der Waals surface area contributed by atoms with Crippen LogP contribution < -0.4 is 10.6 Å². The molecule has 0 aliphatic carbocycles. The summed E-state index contributed by atoms with van der Waals surface area (Å²) in [6, 6.07) is 4.72. The maximum absolute atomic E-state index is 12.7. The van der Waals surface area contributed by atoms with Gasteiger partial charge in [-0.3, -0.25) is 4.79 Å². The van der Waals surface area contributed by atoms with E-state index in [1.165, 1.54) is 12.1 Å². The highest BCUT2D eigenvalue weighted by Crippen LogP contribution is 2.31. The van der Waals surface area contributed by atoms with Crippen LogP contribution in [-0.4, -0.2) is 39.3 Å². The van der Waals surface area contributed by atoms with Gasteiger partial charge in [0.05, 0.1) is 17.7 Å². The predicted molar refractivity (Wildman–Crippen MR) is 75.8 cm³/mol. The van der Waals surface area contributed by atoms with E-state index in [1.54, 1.807) is 7.11 Å². The number of amides is 1. The van der Waals surface area contributed by atoms with Gasteiger partial charge in [-0.2, -0.15) is 13.2 Å². The van der Waals surface area contributed by atoms with Crippen LogP contribution in [-0.2, 0) is 10.9 Å². The van der Waals surface area contributed by atoms with Crippen LogP contribution in [0, 0.1) is 0 Å². The molecule has 0 bridgehead atoms. The third-order valence-corrected chi connectivity index (χ3v) is 2.55. The van der Waals surface area contributed by atoms with Gasteiger partial charge in [0.1, 0.15) is 0 Å². The summed E-state index contributed by atoms with van der Waals surface area (Å²) in [4.78, 5) is 11.7. The SMILES string of the molecule is COCCNCCNC(=O)c1ccccc1C(F)(F)F.Cl. The standard InChI is InChI=1S/C13H17F3N2O2.ClH/c1-20-9-8-17-6-7-18-12(19)10-4-2-3-5-11(10)13(14,15)16;/h2-5,17H,6-9H2,1H3,(H,18,19);1H. The number of benzene rings is 1. The van der Waals surface area contributed by atoms with Gasteiger partial charge in [0.2, 0.25) is 0 Å². The van der Waals surface area contributed by atoms with Gasteiger partial charge in [0.25, 0.3) is 5.91 Å². The Hall–Kier alpha value is -1.31. The van der Waals surface area contributed by atoms with Crippen molar-refractivity contribution >= 4 is 18.3 Å². The Kier molecular flexibility index (Phi) is 9.00. The molecular formula is C13H18ClF3N2O2. The molecule has 0 aromatic heterocycles. The van der Waals surface area contributed by atoms with Crippen molar-refractivity contribution in [1.29, 1.82) is 0 Å². The Morgan fingerprint density at radius 2 is 1.86 bits per heavy atom. The molecule has 1 amide bonds. The molecule has 0 atom stereocenters. The Balaban J connectivity index is 0.00000400. The Bertz CT molecular complexity index is 442. The lowest BCUT2D eigenvalue weighted by molar-refractivity contribution is -0.137. The van der Waals surface area contributed by atoms with Crippen LogP contribution in [0.15, 0.2) is 24.3 Å². The lowest BCUT2D eigenvalue weighted by atomic mass is 10.1. The first-order chi connectivity index (χ1) is 9.46. The number of alkyl halides is 3. The number of halogens is 4. The monoisotopic (exact) mass is 326 g/mol. The van der Waals surface area contributed by atoms with E-state index in [4.69, 9.17) is 4.74 Å². The van der Waals surface area contributed by atoms with Crippen molar-refractivity contribution in [2.24, 2.45) is 0 Å². The molecule has 4 nitrogen and oxygen atoms in total. The zero-order valence-corrected chi connectivity index (χ0v) is 12.3. The van der Waals surface area contributed by atoms with Crippen molar-refractivity contribution in [3.05, 3.63) is 35.4 Å². The molecule has 8 heteroatoms. The normalized spacial score (nSPS) is 10.9. The van der Waals surface area contributed by atoms with Crippen LogP contribution >= 0.6 is 12.4 Å². The highest BCUT2D eigenvalue weighted by Gasteiger charge is 2.34. The second-order valence-electron chi connectivity index (χ2n) is 4.04. The maximum Gasteiger partial charge on any atom is 0.417 e. The Labute approximate surface area is 127 Å². The van der Waals surface area contributed by atoms with Gasteiger partial charge in [0.15, 0.2) is 0 Å². The first kappa shape index (κ1) is 19.7. The predicted octanol–water partition coefficient (Wildman–Crippen LogP) is 2.09. The average Bonchev–Trinajstić information content (AvgIpc) is 2.41. The fraction of sp³-hybridized carbons (Fsp3) is 0.462. The number of carbonyl (C=O) groups is 1. The molecule has 0 heterocycles. The molecule has 0 aliphatic rings. The molecular weight excluding hydrogens is 309 g/mol. The van der Waals surface area contributed by atoms with Crippen molar-refractivity contribution < 1.29 is 22.7 Å². The van der Waals surface area contributed by atoms with Crippen LogP contribution in [0.3, 0.4) is 0 Å². The lowest BCUT2D eigenvalue weighted by Crippen LogP contribution is -2.34. The smallest absolute Gasteiger partial charge is 0.383 e. The van der Waals surface area contributed by atoms with Gasteiger partial charge >= 0.3 is 6.18 Å². The fourth-order valence-corrected chi connectivity index (χ4v) is 1.59. The molecule has 0 unspecified atom stereocenters. The van der Waals surface area contributed by atoms with E-state index in [0.717, 1.165) is 12.1 Å². The summed E-state index contributed by atoms with van der Waals surface area (Å²) in [5.41, 5.74) is -1.29. The number of carbonyl (C=O) groups excluding carboxylic acids is 1. The number of hydrogen-bond donors (Lipinski definition) is 2. The lowest BCUT2D eigenvalue weighted by Gasteiger charge is -2.12. The van der Waals surface area contributed by atoms with Gasteiger partial charge in [-0.1, -0.05) is 12.1 Å². The number of hydrogen-bond acceptors (Lipinski definition) is 3. The van der Waals surface area contributed by atoms with Gasteiger partial charge in [-0.15, -0.1) is 12.4 Å². The number of rotatable bonds is 7. The fourth-order valence-electron chi connectivity index (χ4n) is 1.59. The van der Waals surface area contributed by atoms with Crippen molar-refractivity contribution in [2.45, 2.75) is 6.18 Å². The molecule has 0 saturated heterocycles. The average molecular weight is 327 g/mol. The molecule has 2 N–H and O–H groups in total. The van der Waals surface area contributed by atoms with Crippen LogP contribution in [0.2, 0.25) is 0 Å². The molecule has 0 saturated carbocycles. The number of nitrogens with one attached hydrogen (secondary N) is 2. The van der Waals surface area contributed by atoms with Gasteiger partial charge < -0.3 is 15.4 Å². The summed E-state index contributed by atoms with van der Waals surface area (Å²) in [5.74, 6) is -0.730. The summed E-state index contributed by atoms with van der Waals surface area (Å²) < 4.78 is 43.0. The van der Waals surface area contributed by atoms with Crippen LogP contribution in [0.25, 0.3) is 0 Å². The molecule has 0 aliphatic heterocycles. The summed E-state index contributed by atoms with van der Waals surface area (Å²) in [7, 11) is 1.57. The molecule has 1 rings (SSSR count). The van der Waals surface area contributed by atoms with Crippen LogP contribution in [0.5, 0.6) is 0 Å². The molecule has 120 valence electrons. The number of methoxy groups -OCH3 is 1. The van der Waals surface area contributed by atoms with Crippen molar-refractivity contribution in [3.63, 3.8) is 0 Å². The van der Waals surface area contributed by atoms with Crippen LogP contribution in [0.1, 0.15) is 15.9 Å². The van der Waals surface area contributed by atoms with E-state index in [1.807, 2.05) is 0 Å². The highest BCUT2D eigenvalue weighted by molar-refractivity contribution is 5.95. The molecule has 0 radical (unpaired) electrons. The summed E-state index contributed by atoms with van der Waals surface area (Å²) in [6.45, 7) is 1.86. The molecule has 21 heavy (non-hydrogen) atoms. The molecule has 0 spiro atoms. The third-order valence-electron chi connectivity index (χ3n) is 2.55. The first-order valence-corrected chi connectivity index (χ1v) is 6.11. The minimum absolute atomic E-state index is 0. The van der Waals surface area contributed by atoms with E-state index < -0.39 is 17.6 Å². The Morgan fingerprint density at radius 1 is 1.19 bits per heavy atom. The topological polar surface area (TPSA) is 50.4 Å².